The zero-order valence-electron chi connectivity index (χ0n) is 10.4. The lowest BCUT2D eigenvalue weighted by Gasteiger charge is -2.14. The minimum Gasteiger partial charge on any atom is -0.480 e. The summed E-state index contributed by atoms with van der Waals surface area (Å²) >= 11 is 0. The topological polar surface area (TPSA) is 78.4 Å². The maximum Gasteiger partial charge on any atom is 0.326 e. The smallest absolute Gasteiger partial charge is 0.326 e. The van der Waals surface area contributed by atoms with Crippen LogP contribution in [0.25, 0.3) is 0 Å². The summed E-state index contributed by atoms with van der Waals surface area (Å²) in [6.45, 7) is 0.578. The fraction of sp³-hybridized carbons (Fsp3) is 0.692. The van der Waals surface area contributed by atoms with Crippen molar-refractivity contribution in [1.29, 1.82) is 0 Å². The van der Waals surface area contributed by atoms with Crippen molar-refractivity contribution in [2.45, 2.75) is 44.6 Å². The summed E-state index contributed by atoms with van der Waals surface area (Å²) in [6, 6.07) is -1.09. The number of amides is 2. The van der Waals surface area contributed by atoms with Crippen molar-refractivity contribution in [2.24, 2.45) is 5.92 Å². The molecule has 100 valence electrons. The second kappa shape index (κ2) is 5.89. The average molecular weight is 252 g/mol. The highest BCUT2D eigenvalue weighted by atomic mass is 16.4. The molecular formula is C13H20N2O3. The zero-order chi connectivity index (χ0) is 13.0. The van der Waals surface area contributed by atoms with Crippen molar-refractivity contribution in [1.82, 2.24) is 10.6 Å². The van der Waals surface area contributed by atoms with E-state index in [4.69, 9.17) is 5.11 Å². The van der Waals surface area contributed by atoms with Gasteiger partial charge in [-0.15, -0.1) is 0 Å². The Morgan fingerprint density at radius 3 is 2.78 bits per heavy atom. The van der Waals surface area contributed by atoms with Gasteiger partial charge in [0.15, 0.2) is 0 Å². The molecule has 3 N–H and O–H groups in total. The number of urea groups is 1. The summed E-state index contributed by atoms with van der Waals surface area (Å²) in [5.74, 6) is -0.822. The SMILES string of the molecule is O=C(NCCC1=CCCC1)NC(C(=O)O)C1CC1. The summed E-state index contributed by atoms with van der Waals surface area (Å²) in [4.78, 5) is 22.5. The van der Waals surface area contributed by atoms with Crippen LogP contribution in [0.1, 0.15) is 38.5 Å². The lowest BCUT2D eigenvalue weighted by molar-refractivity contribution is -0.139. The van der Waals surface area contributed by atoms with Crippen LogP contribution in [0.4, 0.5) is 4.79 Å². The first-order chi connectivity index (χ1) is 8.66. The van der Waals surface area contributed by atoms with Crippen LogP contribution in [0.3, 0.4) is 0 Å². The molecule has 0 spiro atoms. The van der Waals surface area contributed by atoms with E-state index in [9.17, 15) is 9.59 Å². The van der Waals surface area contributed by atoms with Crippen LogP contribution < -0.4 is 10.6 Å². The summed E-state index contributed by atoms with van der Waals surface area (Å²) < 4.78 is 0. The number of allylic oxidation sites excluding steroid dienone is 1. The lowest BCUT2D eigenvalue weighted by atomic mass is 10.2. The van der Waals surface area contributed by atoms with E-state index < -0.39 is 12.0 Å². The lowest BCUT2D eigenvalue weighted by Crippen LogP contribution is -2.47. The van der Waals surface area contributed by atoms with Crippen molar-refractivity contribution in [3.05, 3.63) is 11.6 Å². The number of nitrogens with one attached hydrogen (secondary N) is 2. The molecule has 1 fully saturated rings. The Hall–Kier alpha value is -1.52. The summed E-state index contributed by atoms with van der Waals surface area (Å²) in [5.41, 5.74) is 1.40. The minimum atomic E-state index is -0.939. The van der Waals surface area contributed by atoms with E-state index in [1.807, 2.05) is 0 Å². The Morgan fingerprint density at radius 1 is 1.44 bits per heavy atom. The van der Waals surface area contributed by atoms with E-state index in [-0.39, 0.29) is 11.9 Å². The predicted octanol–water partition coefficient (Wildman–Crippen LogP) is 1.65. The molecule has 0 aromatic carbocycles. The normalized spacial score (nSPS) is 20.1. The number of carboxylic acids is 1. The summed E-state index contributed by atoms with van der Waals surface area (Å²) in [6.07, 6.45) is 8.37. The summed E-state index contributed by atoms with van der Waals surface area (Å²) in [7, 11) is 0. The fourth-order valence-electron chi connectivity index (χ4n) is 2.30. The molecule has 5 heteroatoms. The van der Waals surface area contributed by atoms with Gasteiger partial charge in [0.1, 0.15) is 6.04 Å². The van der Waals surface area contributed by atoms with Gasteiger partial charge in [-0.1, -0.05) is 11.6 Å². The molecule has 0 aliphatic heterocycles. The van der Waals surface area contributed by atoms with Gasteiger partial charge < -0.3 is 15.7 Å². The first-order valence-corrected chi connectivity index (χ1v) is 6.62. The Morgan fingerprint density at radius 2 is 2.22 bits per heavy atom. The van der Waals surface area contributed by atoms with Gasteiger partial charge in [-0.05, 0) is 44.4 Å². The molecule has 0 aromatic heterocycles. The van der Waals surface area contributed by atoms with Crippen LogP contribution >= 0.6 is 0 Å². The monoisotopic (exact) mass is 252 g/mol. The minimum absolute atomic E-state index is 0.116. The third kappa shape index (κ3) is 3.75. The molecule has 0 radical (unpaired) electrons. The molecule has 0 aromatic rings. The standard InChI is InChI=1S/C13H20N2O3/c16-12(17)11(10-5-6-10)15-13(18)14-8-7-9-3-1-2-4-9/h3,10-11H,1-2,4-8H2,(H,16,17)(H2,14,15,18). The highest BCUT2D eigenvalue weighted by Gasteiger charge is 2.37. The molecule has 0 bridgehead atoms. The highest BCUT2D eigenvalue weighted by molar-refractivity contribution is 5.83. The van der Waals surface area contributed by atoms with Crippen LogP contribution in [-0.4, -0.2) is 29.7 Å². The molecule has 1 saturated carbocycles. The number of hydrogen-bond acceptors (Lipinski definition) is 2. The highest BCUT2D eigenvalue weighted by Crippen LogP contribution is 2.32. The van der Waals surface area contributed by atoms with E-state index in [2.05, 4.69) is 16.7 Å². The van der Waals surface area contributed by atoms with Crippen LogP contribution in [0.2, 0.25) is 0 Å². The van der Waals surface area contributed by atoms with E-state index in [0.717, 1.165) is 32.1 Å². The fourth-order valence-corrected chi connectivity index (χ4v) is 2.30. The van der Waals surface area contributed by atoms with Crippen LogP contribution in [0.15, 0.2) is 11.6 Å². The number of carboxylic acid groups (broad SMARTS) is 1. The molecule has 0 heterocycles. The Kier molecular flexibility index (Phi) is 4.23. The molecule has 2 rings (SSSR count). The van der Waals surface area contributed by atoms with Gasteiger partial charge in [-0.2, -0.15) is 0 Å². The second-order valence-electron chi connectivity index (χ2n) is 5.06. The Labute approximate surface area is 107 Å². The van der Waals surface area contributed by atoms with Crippen LogP contribution in [-0.2, 0) is 4.79 Å². The number of aliphatic carboxylic acids is 1. The molecule has 2 aliphatic carbocycles. The molecule has 1 unspecified atom stereocenters. The van der Waals surface area contributed by atoms with Gasteiger partial charge in [0.25, 0.3) is 0 Å². The van der Waals surface area contributed by atoms with Gasteiger partial charge in [-0.25, -0.2) is 9.59 Å². The van der Waals surface area contributed by atoms with E-state index in [1.165, 1.54) is 12.0 Å². The van der Waals surface area contributed by atoms with Gasteiger partial charge in [0.2, 0.25) is 0 Å². The van der Waals surface area contributed by atoms with Crippen LogP contribution in [0, 0.1) is 5.92 Å². The van der Waals surface area contributed by atoms with E-state index in [0.29, 0.717) is 6.54 Å². The molecule has 1 atom stereocenters. The zero-order valence-corrected chi connectivity index (χ0v) is 10.4. The molecule has 5 nitrogen and oxygen atoms in total. The molecule has 0 saturated heterocycles. The van der Waals surface area contributed by atoms with Gasteiger partial charge in [-0.3, -0.25) is 0 Å². The van der Waals surface area contributed by atoms with Crippen molar-refractivity contribution in [3.63, 3.8) is 0 Å². The van der Waals surface area contributed by atoms with Crippen molar-refractivity contribution < 1.29 is 14.7 Å². The number of carbonyl (C=O) groups excluding carboxylic acids is 1. The van der Waals surface area contributed by atoms with Gasteiger partial charge in [0, 0.05) is 6.54 Å². The Bertz CT molecular complexity index is 361. The van der Waals surface area contributed by atoms with E-state index >= 15 is 0 Å². The third-order valence-corrected chi connectivity index (χ3v) is 3.51. The number of hydrogen-bond donors (Lipinski definition) is 3. The third-order valence-electron chi connectivity index (χ3n) is 3.51. The van der Waals surface area contributed by atoms with Crippen molar-refractivity contribution in [2.75, 3.05) is 6.54 Å². The van der Waals surface area contributed by atoms with Crippen molar-refractivity contribution >= 4 is 12.0 Å². The predicted molar refractivity (Wildman–Crippen MR) is 67.2 cm³/mol. The average Bonchev–Trinajstić information content (AvgIpc) is 3.03. The quantitative estimate of drug-likeness (QED) is 0.629. The number of carbonyl (C=O) groups is 2. The first-order valence-electron chi connectivity index (χ1n) is 6.62. The van der Waals surface area contributed by atoms with Crippen molar-refractivity contribution in [3.8, 4) is 0 Å². The second-order valence-corrected chi connectivity index (χ2v) is 5.06. The van der Waals surface area contributed by atoms with Gasteiger partial charge in [0.05, 0.1) is 0 Å². The molecular weight excluding hydrogens is 232 g/mol. The maximum absolute atomic E-state index is 11.6. The summed E-state index contributed by atoms with van der Waals surface area (Å²) in [5, 5.41) is 14.2. The molecule has 18 heavy (non-hydrogen) atoms. The number of rotatable bonds is 6. The first kappa shape index (κ1) is 12.9. The Balaban J connectivity index is 1.66. The van der Waals surface area contributed by atoms with Crippen LogP contribution in [0.5, 0.6) is 0 Å². The maximum atomic E-state index is 11.6. The van der Waals surface area contributed by atoms with E-state index in [1.54, 1.807) is 0 Å². The largest absolute Gasteiger partial charge is 0.480 e. The molecule has 2 amide bonds. The van der Waals surface area contributed by atoms with Gasteiger partial charge >= 0.3 is 12.0 Å². The molecule has 2 aliphatic rings.